The van der Waals surface area contributed by atoms with Crippen LogP contribution in [0.25, 0.3) is 0 Å². The lowest BCUT2D eigenvalue weighted by atomic mass is 9.97. The van der Waals surface area contributed by atoms with E-state index >= 15 is 0 Å². The molecule has 1 aromatic rings. The second-order valence-corrected chi connectivity index (χ2v) is 8.94. The van der Waals surface area contributed by atoms with Gasteiger partial charge in [-0.25, -0.2) is 0 Å². The zero-order valence-electron chi connectivity index (χ0n) is 18.1. The lowest BCUT2D eigenvalue weighted by Gasteiger charge is -2.38. The first-order valence-corrected chi connectivity index (χ1v) is 11.2. The number of carbonyl (C=O) groups excluding carboxylic acids is 1. The summed E-state index contributed by atoms with van der Waals surface area (Å²) in [5, 5.41) is 13.7. The van der Waals surface area contributed by atoms with E-state index in [2.05, 4.69) is 50.3 Å². The highest BCUT2D eigenvalue weighted by molar-refractivity contribution is 5.77. The number of anilines is 1. The van der Waals surface area contributed by atoms with Gasteiger partial charge in [-0.2, -0.15) is 0 Å². The molecule has 3 rings (SSSR count). The minimum absolute atomic E-state index is 0.0406. The van der Waals surface area contributed by atoms with Crippen LogP contribution in [0, 0.1) is 11.8 Å². The van der Waals surface area contributed by atoms with Crippen molar-refractivity contribution in [2.75, 3.05) is 63.8 Å². The van der Waals surface area contributed by atoms with Crippen molar-refractivity contribution in [2.24, 2.45) is 11.8 Å². The van der Waals surface area contributed by atoms with Gasteiger partial charge in [0.05, 0.1) is 6.10 Å². The van der Waals surface area contributed by atoms with E-state index in [4.69, 9.17) is 0 Å². The highest BCUT2D eigenvalue weighted by atomic mass is 16.3. The zero-order valence-corrected chi connectivity index (χ0v) is 18.1. The molecule has 2 aliphatic heterocycles. The first kappa shape index (κ1) is 22.1. The molecule has 6 nitrogen and oxygen atoms in total. The van der Waals surface area contributed by atoms with E-state index in [1.54, 1.807) is 0 Å². The number of nitrogens with zero attached hydrogens (tertiary/aromatic N) is 3. The third-order valence-electron chi connectivity index (χ3n) is 6.12. The number of aliphatic hydroxyl groups is 1. The van der Waals surface area contributed by atoms with Crippen molar-refractivity contribution in [1.82, 2.24) is 15.1 Å². The summed E-state index contributed by atoms with van der Waals surface area (Å²) >= 11 is 0. The Labute approximate surface area is 175 Å². The lowest BCUT2D eigenvalue weighted by Crippen LogP contribution is -2.51. The van der Waals surface area contributed by atoms with Gasteiger partial charge in [-0.3, -0.25) is 9.69 Å². The van der Waals surface area contributed by atoms with Gasteiger partial charge in [0.1, 0.15) is 0 Å². The van der Waals surface area contributed by atoms with Crippen LogP contribution in [0.5, 0.6) is 0 Å². The van der Waals surface area contributed by atoms with Crippen LogP contribution in [0.4, 0.5) is 5.69 Å². The third-order valence-corrected chi connectivity index (χ3v) is 6.12. The maximum Gasteiger partial charge on any atom is 0.222 e. The number of hydrogen-bond donors (Lipinski definition) is 2. The summed E-state index contributed by atoms with van der Waals surface area (Å²) in [5.74, 6) is 0.670. The van der Waals surface area contributed by atoms with E-state index in [-0.39, 0.29) is 17.9 Å². The maximum atomic E-state index is 11.8. The summed E-state index contributed by atoms with van der Waals surface area (Å²) in [6.45, 7) is 12.1. The number of β-amino-alcohol motifs (C(OH)–C–C–N with tert-alkyl or cyclic N) is 1. The molecular weight excluding hydrogens is 364 g/mol. The SMILES string of the molecule is CC(C)C(=O)NCC1CCCN(CC(O)CN2CCN(c3ccccc3)CC2)C1. The summed E-state index contributed by atoms with van der Waals surface area (Å²) in [5.41, 5.74) is 1.29. The summed E-state index contributed by atoms with van der Waals surface area (Å²) in [7, 11) is 0. The fraction of sp³-hybridized carbons (Fsp3) is 0.696. The molecule has 6 heteroatoms. The number of rotatable bonds is 8. The number of aliphatic hydroxyl groups excluding tert-OH is 1. The van der Waals surface area contributed by atoms with Gasteiger partial charge in [0.25, 0.3) is 0 Å². The molecule has 162 valence electrons. The van der Waals surface area contributed by atoms with Crippen molar-refractivity contribution in [3.8, 4) is 0 Å². The second kappa shape index (κ2) is 11.0. The van der Waals surface area contributed by atoms with Crippen molar-refractivity contribution in [3.05, 3.63) is 30.3 Å². The molecule has 2 N–H and O–H groups in total. The number of carbonyl (C=O) groups is 1. The molecule has 2 heterocycles. The van der Waals surface area contributed by atoms with Crippen molar-refractivity contribution < 1.29 is 9.90 Å². The molecule has 1 amide bonds. The van der Waals surface area contributed by atoms with E-state index in [0.29, 0.717) is 5.92 Å². The molecule has 0 aromatic heterocycles. The Morgan fingerprint density at radius 2 is 1.76 bits per heavy atom. The molecule has 1 aromatic carbocycles. The fourth-order valence-corrected chi connectivity index (χ4v) is 4.41. The average molecular weight is 403 g/mol. The number of nitrogens with one attached hydrogen (secondary N) is 1. The van der Waals surface area contributed by atoms with Gasteiger partial charge in [-0.1, -0.05) is 32.0 Å². The smallest absolute Gasteiger partial charge is 0.222 e. The van der Waals surface area contributed by atoms with Crippen LogP contribution in [0.3, 0.4) is 0 Å². The van der Waals surface area contributed by atoms with Gasteiger partial charge in [-0.15, -0.1) is 0 Å². The molecular formula is C23H38N4O2. The number of amides is 1. The number of piperazine rings is 1. The Morgan fingerprint density at radius 1 is 1.07 bits per heavy atom. The first-order valence-electron chi connectivity index (χ1n) is 11.2. The van der Waals surface area contributed by atoms with Crippen LogP contribution < -0.4 is 10.2 Å². The van der Waals surface area contributed by atoms with Crippen LogP contribution in [-0.2, 0) is 4.79 Å². The van der Waals surface area contributed by atoms with E-state index in [1.807, 2.05) is 13.8 Å². The van der Waals surface area contributed by atoms with Crippen LogP contribution >= 0.6 is 0 Å². The Kier molecular flexibility index (Phi) is 8.33. The molecule has 2 atom stereocenters. The Balaban J connectivity index is 1.36. The van der Waals surface area contributed by atoms with Gasteiger partial charge in [0, 0.05) is 64.0 Å². The van der Waals surface area contributed by atoms with Crippen LogP contribution in [0.1, 0.15) is 26.7 Å². The van der Waals surface area contributed by atoms with Gasteiger partial charge in [0.2, 0.25) is 5.91 Å². The summed E-state index contributed by atoms with van der Waals surface area (Å²) in [6, 6.07) is 10.6. The maximum absolute atomic E-state index is 11.8. The van der Waals surface area contributed by atoms with Crippen molar-refractivity contribution in [2.45, 2.75) is 32.8 Å². The first-order chi connectivity index (χ1) is 14.0. The largest absolute Gasteiger partial charge is 0.390 e. The Hall–Kier alpha value is -1.63. The minimum atomic E-state index is -0.317. The van der Waals surface area contributed by atoms with Crippen molar-refractivity contribution in [1.29, 1.82) is 0 Å². The lowest BCUT2D eigenvalue weighted by molar-refractivity contribution is -0.124. The Bertz CT molecular complexity index is 617. The van der Waals surface area contributed by atoms with E-state index in [1.165, 1.54) is 5.69 Å². The highest BCUT2D eigenvalue weighted by Gasteiger charge is 2.24. The van der Waals surface area contributed by atoms with E-state index < -0.39 is 0 Å². The summed E-state index contributed by atoms with van der Waals surface area (Å²) in [4.78, 5) is 19.0. The normalized spacial score (nSPS) is 22.6. The molecule has 0 radical (unpaired) electrons. The minimum Gasteiger partial charge on any atom is -0.390 e. The molecule has 2 fully saturated rings. The van der Waals surface area contributed by atoms with Gasteiger partial charge < -0.3 is 20.2 Å². The molecule has 2 aliphatic rings. The zero-order chi connectivity index (χ0) is 20.6. The highest BCUT2D eigenvalue weighted by Crippen LogP contribution is 2.18. The average Bonchev–Trinajstić information content (AvgIpc) is 2.73. The van der Waals surface area contributed by atoms with Gasteiger partial charge in [-0.05, 0) is 37.4 Å². The molecule has 2 saturated heterocycles. The topological polar surface area (TPSA) is 59.1 Å². The molecule has 29 heavy (non-hydrogen) atoms. The van der Waals surface area contributed by atoms with Gasteiger partial charge in [0.15, 0.2) is 0 Å². The van der Waals surface area contributed by atoms with Gasteiger partial charge >= 0.3 is 0 Å². The van der Waals surface area contributed by atoms with E-state index in [9.17, 15) is 9.90 Å². The summed E-state index contributed by atoms with van der Waals surface area (Å²) in [6.07, 6.45) is 1.99. The molecule has 0 bridgehead atoms. The van der Waals surface area contributed by atoms with Crippen LogP contribution in [0.2, 0.25) is 0 Å². The number of piperidine rings is 1. The van der Waals surface area contributed by atoms with Crippen molar-refractivity contribution >= 4 is 11.6 Å². The molecule has 0 saturated carbocycles. The van der Waals surface area contributed by atoms with Crippen LogP contribution in [-0.4, -0.2) is 85.8 Å². The number of hydrogen-bond acceptors (Lipinski definition) is 5. The molecule has 2 unspecified atom stereocenters. The fourth-order valence-electron chi connectivity index (χ4n) is 4.41. The predicted octanol–water partition coefficient (Wildman–Crippen LogP) is 1.65. The molecule has 0 aliphatic carbocycles. The number of benzene rings is 1. The molecule has 0 spiro atoms. The predicted molar refractivity (Wildman–Crippen MR) is 118 cm³/mol. The monoisotopic (exact) mass is 402 g/mol. The number of para-hydroxylation sites is 1. The third kappa shape index (κ3) is 6.98. The van der Waals surface area contributed by atoms with Crippen molar-refractivity contribution in [3.63, 3.8) is 0 Å². The standard InChI is InChI=1S/C23H38N4O2/c1-19(2)23(29)24-15-20-7-6-10-26(16-20)18-22(28)17-25-11-13-27(14-12-25)21-8-4-3-5-9-21/h3-5,8-9,19-20,22,28H,6-7,10-18H2,1-2H3,(H,24,29). The quantitative estimate of drug-likeness (QED) is 0.693. The van der Waals surface area contributed by atoms with E-state index in [0.717, 1.165) is 71.7 Å². The van der Waals surface area contributed by atoms with Crippen LogP contribution in [0.15, 0.2) is 30.3 Å². The second-order valence-electron chi connectivity index (χ2n) is 8.94. The Morgan fingerprint density at radius 3 is 2.45 bits per heavy atom. The number of likely N-dealkylation sites (tertiary alicyclic amines) is 1. The summed E-state index contributed by atoms with van der Waals surface area (Å²) < 4.78 is 0.